The van der Waals surface area contributed by atoms with Crippen molar-refractivity contribution in [1.29, 1.82) is 5.26 Å². The fourth-order valence-electron chi connectivity index (χ4n) is 3.40. The number of amides is 1. The summed E-state index contributed by atoms with van der Waals surface area (Å²) in [6.07, 6.45) is 4.73. The first-order chi connectivity index (χ1) is 12.4. The molecule has 9 heteroatoms. The van der Waals surface area contributed by atoms with Crippen molar-refractivity contribution in [3.05, 3.63) is 64.8 Å². The molecule has 0 aliphatic carbocycles. The summed E-state index contributed by atoms with van der Waals surface area (Å²) in [6, 6.07) is 5.76. The minimum absolute atomic E-state index is 0.0155. The van der Waals surface area contributed by atoms with Crippen LogP contribution in [0, 0.1) is 11.3 Å². The highest BCUT2D eigenvalue weighted by Crippen LogP contribution is 2.47. The Labute approximate surface area is 149 Å². The highest BCUT2D eigenvalue weighted by atomic mass is 16.5. The van der Waals surface area contributed by atoms with Crippen LogP contribution in [-0.2, 0) is 9.53 Å². The maximum Gasteiger partial charge on any atom is 0.264 e. The molecule has 1 amide bonds. The molecule has 1 atom stereocenters. The first kappa shape index (κ1) is 16.0. The molecule has 3 aliphatic rings. The highest BCUT2D eigenvalue weighted by molar-refractivity contribution is 5.90. The van der Waals surface area contributed by atoms with E-state index in [1.807, 2.05) is 6.07 Å². The van der Waals surface area contributed by atoms with E-state index in [-0.39, 0.29) is 17.4 Å². The van der Waals surface area contributed by atoms with Gasteiger partial charge in [0.2, 0.25) is 11.8 Å². The summed E-state index contributed by atoms with van der Waals surface area (Å²) in [5, 5.41) is 12.5. The van der Waals surface area contributed by atoms with E-state index < -0.39 is 11.6 Å². The van der Waals surface area contributed by atoms with Gasteiger partial charge < -0.3 is 10.5 Å². The standard InChI is InChI=1S/C17H17N7O2/c1-17(2)23(20)12(25)6-11-14-13(9-4-3-5-21-8-9)10(7-18)15(19)26-16(14)22-24(11)17/h3-6,8,13,22H,19-20H2,1-2H3. The van der Waals surface area contributed by atoms with Gasteiger partial charge in [-0.15, -0.1) is 0 Å². The molecule has 5 N–H and O–H groups in total. The van der Waals surface area contributed by atoms with Gasteiger partial charge in [-0.2, -0.15) is 5.26 Å². The van der Waals surface area contributed by atoms with Crippen LogP contribution in [0.2, 0.25) is 0 Å². The maximum absolute atomic E-state index is 12.4. The molecule has 0 fully saturated rings. The normalized spacial score (nSPS) is 23.7. The second-order valence-electron chi connectivity index (χ2n) is 6.63. The number of nitrogens with zero attached hydrogens (tertiary/aromatic N) is 4. The number of carbonyl (C=O) groups is 1. The number of nitrogens with one attached hydrogen (secondary N) is 1. The SMILES string of the molecule is CC1(C)N(N)C(=O)C=C2C3=C(NN21)OC(N)=C(C#N)C3c1cccnc1. The van der Waals surface area contributed by atoms with Crippen molar-refractivity contribution in [3.8, 4) is 6.07 Å². The Morgan fingerprint density at radius 2 is 2.23 bits per heavy atom. The second kappa shape index (κ2) is 5.24. The van der Waals surface area contributed by atoms with Crippen molar-refractivity contribution in [1.82, 2.24) is 20.4 Å². The number of pyridine rings is 1. The van der Waals surface area contributed by atoms with Crippen molar-refractivity contribution in [3.63, 3.8) is 0 Å². The highest BCUT2D eigenvalue weighted by Gasteiger charge is 2.50. The summed E-state index contributed by atoms with van der Waals surface area (Å²) in [5.74, 6) is 5.47. The number of allylic oxidation sites excluding steroid dienone is 2. The van der Waals surface area contributed by atoms with Crippen LogP contribution >= 0.6 is 0 Å². The van der Waals surface area contributed by atoms with Crippen LogP contribution in [0.4, 0.5) is 0 Å². The summed E-state index contributed by atoms with van der Waals surface area (Å²) in [4.78, 5) is 16.5. The minimum atomic E-state index is -0.858. The van der Waals surface area contributed by atoms with E-state index in [4.69, 9.17) is 16.3 Å². The molecule has 26 heavy (non-hydrogen) atoms. The predicted octanol–water partition coefficient (Wildman–Crippen LogP) is 0.257. The van der Waals surface area contributed by atoms with E-state index in [1.54, 1.807) is 37.3 Å². The fraction of sp³-hybridized carbons (Fsp3) is 0.235. The molecule has 1 aromatic rings. The molecule has 3 aliphatic heterocycles. The number of carbonyl (C=O) groups excluding carboxylic acids is 1. The van der Waals surface area contributed by atoms with Gasteiger partial charge in [0.05, 0.1) is 17.2 Å². The third-order valence-corrected chi connectivity index (χ3v) is 4.80. The quantitative estimate of drug-likeness (QED) is 0.484. The number of nitriles is 1. The Morgan fingerprint density at radius 3 is 2.88 bits per heavy atom. The zero-order valence-electron chi connectivity index (χ0n) is 14.2. The van der Waals surface area contributed by atoms with Crippen LogP contribution in [0.5, 0.6) is 0 Å². The number of fused-ring (bicyclic) bond motifs is 2. The van der Waals surface area contributed by atoms with Gasteiger partial charge in [0.15, 0.2) is 0 Å². The molecule has 0 bridgehead atoms. The van der Waals surface area contributed by atoms with Crippen LogP contribution in [0.3, 0.4) is 0 Å². The van der Waals surface area contributed by atoms with Gasteiger partial charge in [0, 0.05) is 18.5 Å². The van der Waals surface area contributed by atoms with E-state index in [0.717, 1.165) is 10.6 Å². The average Bonchev–Trinajstić information content (AvgIpc) is 2.98. The van der Waals surface area contributed by atoms with Crippen molar-refractivity contribution in [2.24, 2.45) is 11.6 Å². The zero-order chi connectivity index (χ0) is 18.6. The summed E-state index contributed by atoms with van der Waals surface area (Å²) >= 11 is 0. The van der Waals surface area contributed by atoms with E-state index >= 15 is 0 Å². The Balaban J connectivity index is 1.91. The van der Waals surface area contributed by atoms with E-state index in [9.17, 15) is 10.1 Å². The first-order valence-corrected chi connectivity index (χ1v) is 7.95. The Morgan fingerprint density at radius 1 is 1.46 bits per heavy atom. The molecule has 0 saturated carbocycles. The molecule has 1 unspecified atom stereocenters. The summed E-state index contributed by atoms with van der Waals surface area (Å²) < 4.78 is 5.65. The summed E-state index contributed by atoms with van der Waals surface area (Å²) in [5.41, 5.74) is 10.5. The zero-order valence-corrected chi connectivity index (χ0v) is 14.2. The topological polar surface area (TPSA) is 134 Å². The molecular weight excluding hydrogens is 334 g/mol. The van der Waals surface area contributed by atoms with Gasteiger partial charge in [-0.3, -0.25) is 25.2 Å². The Bertz CT molecular complexity index is 940. The van der Waals surface area contributed by atoms with E-state index in [2.05, 4.69) is 16.5 Å². The third-order valence-electron chi connectivity index (χ3n) is 4.80. The van der Waals surface area contributed by atoms with Crippen LogP contribution < -0.4 is 17.0 Å². The molecule has 0 radical (unpaired) electrons. The average molecular weight is 351 g/mol. The number of ether oxygens (including phenoxy) is 1. The number of hydrazine groups is 2. The molecule has 4 heterocycles. The Hall–Kier alpha value is -3.51. The smallest absolute Gasteiger partial charge is 0.264 e. The molecule has 9 nitrogen and oxygen atoms in total. The van der Waals surface area contributed by atoms with Crippen LogP contribution in [0.15, 0.2) is 59.2 Å². The number of rotatable bonds is 1. The number of hydrogen-bond donors (Lipinski definition) is 3. The summed E-state index contributed by atoms with van der Waals surface area (Å²) in [7, 11) is 0. The third kappa shape index (κ3) is 1.99. The van der Waals surface area contributed by atoms with Gasteiger partial charge in [0.25, 0.3) is 5.91 Å². The maximum atomic E-state index is 12.4. The van der Waals surface area contributed by atoms with Gasteiger partial charge in [0.1, 0.15) is 17.3 Å². The second-order valence-corrected chi connectivity index (χ2v) is 6.63. The number of hydrogen-bond acceptors (Lipinski definition) is 8. The monoisotopic (exact) mass is 351 g/mol. The van der Waals surface area contributed by atoms with Crippen molar-refractivity contribution in [2.75, 3.05) is 0 Å². The largest absolute Gasteiger partial charge is 0.422 e. The lowest BCUT2D eigenvalue weighted by molar-refractivity contribution is -0.143. The van der Waals surface area contributed by atoms with Crippen molar-refractivity contribution in [2.45, 2.75) is 25.4 Å². The van der Waals surface area contributed by atoms with Gasteiger partial charge in [-0.05, 0) is 25.5 Å². The van der Waals surface area contributed by atoms with Crippen LogP contribution in [-0.4, -0.2) is 26.6 Å². The lowest BCUT2D eigenvalue weighted by Crippen LogP contribution is -2.65. The predicted molar refractivity (Wildman–Crippen MR) is 90.1 cm³/mol. The lowest BCUT2D eigenvalue weighted by atomic mass is 9.83. The first-order valence-electron chi connectivity index (χ1n) is 7.95. The van der Waals surface area contributed by atoms with Gasteiger partial charge in [-0.25, -0.2) is 5.84 Å². The fourth-order valence-corrected chi connectivity index (χ4v) is 3.40. The molecule has 0 saturated heterocycles. The number of nitrogens with two attached hydrogens (primary N) is 2. The van der Waals surface area contributed by atoms with Crippen molar-refractivity contribution >= 4 is 5.91 Å². The minimum Gasteiger partial charge on any atom is -0.422 e. The van der Waals surface area contributed by atoms with E-state index in [1.165, 1.54) is 6.08 Å². The van der Waals surface area contributed by atoms with E-state index in [0.29, 0.717) is 17.2 Å². The van der Waals surface area contributed by atoms with Crippen LogP contribution in [0.1, 0.15) is 25.3 Å². The molecule has 0 spiro atoms. The molecule has 1 aromatic heterocycles. The van der Waals surface area contributed by atoms with Gasteiger partial charge in [-0.1, -0.05) is 6.07 Å². The molecule has 4 rings (SSSR count). The molecular formula is C17H17N7O2. The Kier molecular flexibility index (Phi) is 3.22. The van der Waals surface area contributed by atoms with Crippen molar-refractivity contribution < 1.29 is 9.53 Å². The molecule has 0 aromatic carbocycles. The summed E-state index contributed by atoms with van der Waals surface area (Å²) in [6.45, 7) is 3.59. The number of aromatic nitrogens is 1. The van der Waals surface area contributed by atoms with Gasteiger partial charge >= 0.3 is 0 Å². The molecule has 132 valence electrons. The van der Waals surface area contributed by atoms with Crippen LogP contribution in [0.25, 0.3) is 0 Å². The lowest BCUT2D eigenvalue weighted by Gasteiger charge is -2.46.